The number of amidine groups is 1. The molecule has 0 N–H and O–H groups in total. The van der Waals surface area contributed by atoms with Crippen LogP contribution in [0.5, 0.6) is 0 Å². The Morgan fingerprint density at radius 3 is 2.63 bits per heavy atom. The fraction of sp³-hybridized carbons (Fsp3) is 0.208. The van der Waals surface area contributed by atoms with Gasteiger partial charge in [0.25, 0.3) is 0 Å². The van der Waals surface area contributed by atoms with Crippen LogP contribution in [0.25, 0.3) is 10.8 Å². The molecule has 1 fully saturated rings. The van der Waals surface area contributed by atoms with E-state index in [1.165, 1.54) is 17.1 Å². The zero-order valence-electron chi connectivity index (χ0n) is 16.7. The largest absolute Gasteiger partial charge is 0.284 e. The summed E-state index contributed by atoms with van der Waals surface area (Å²) in [6.45, 7) is 2.60. The Kier molecular flexibility index (Phi) is 6.65. The van der Waals surface area contributed by atoms with Crippen molar-refractivity contribution in [1.82, 2.24) is 4.90 Å². The molecule has 6 heteroatoms. The summed E-state index contributed by atoms with van der Waals surface area (Å²) in [7, 11) is 0. The topological polar surface area (TPSA) is 45.0 Å². The standard InChI is InChI=1S/C24H22BrN3OS/c1-2-6-22-23(29)28(16-19-9-5-8-18-7-3-4-10-21(18)19)24(30-22)27-26-15-17-11-13-20(25)14-12-17/h3-5,7-15,22H,2,6,16H2,1H3. The van der Waals surface area contributed by atoms with Gasteiger partial charge in [0.2, 0.25) is 5.91 Å². The van der Waals surface area contributed by atoms with Crippen LogP contribution in [-0.2, 0) is 11.3 Å². The first kappa shape index (κ1) is 20.8. The van der Waals surface area contributed by atoms with Crippen molar-refractivity contribution in [3.63, 3.8) is 0 Å². The molecule has 1 unspecified atom stereocenters. The first-order chi connectivity index (χ1) is 14.7. The number of benzene rings is 3. The van der Waals surface area contributed by atoms with E-state index in [4.69, 9.17) is 0 Å². The van der Waals surface area contributed by atoms with Crippen molar-refractivity contribution >= 4 is 55.8 Å². The van der Waals surface area contributed by atoms with Crippen molar-refractivity contribution in [2.24, 2.45) is 10.2 Å². The fourth-order valence-corrected chi connectivity index (χ4v) is 4.95. The maximum absolute atomic E-state index is 13.1. The van der Waals surface area contributed by atoms with Crippen molar-refractivity contribution in [1.29, 1.82) is 0 Å². The summed E-state index contributed by atoms with van der Waals surface area (Å²) >= 11 is 4.95. The maximum Gasteiger partial charge on any atom is 0.242 e. The molecule has 0 aromatic heterocycles. The van der Waals surface area contributed by atoms with E-state index in [1.807, 2.05) is 42.5 Å². The molecule has 0 spiro atoms. The van der Waals surface area contributed by atoms with Crippen LogP contribution in [0.2, 0.25) is 0 Å². The molecule has 30 heavy (non-hydrogen) atoms. The van der Waals surface area contributed by atoms with Crippen LogP contribution < -0.4 is 0 Å². The number of thioether (sulfide) groups is 1. The predicted octanol–water partition coefficient (Wildman–Crippen LogP) is 6.24. The molecule has 0 aliphatic carbocycles. The van der Waals surface area contributed by atoms with Gasteiger partial charge in [-0.2, -0.15) is 5.10 Å². The number of rotatable bonds is 6. The molecule has 1 atom stereocenters. The van der Waals surface area contributed by atoms with Gasteiger partial charge in [-0.05, 0) is 40.5 Å². The Labute approximate surface area is 189 Å². The summed E-state index contributed by atoms with van der Waals surface area (Å²) in [4.78, 5) is 14.9. The molecule has 3 aromatic rings. The highest BCUT2D eigenvalue weighted by molar-refractivity contribution is 9.10. The number of hydrogen-bond acceptors (Lipinski definition) is 4. The van der Waals surface area contributed by atoms with E-state index in [9.17, 15) is 4.79 Å². The second-order valence-corrected chi connectivity index (χ2v) is 9.22. The van der Waals surface area contributed by atoms with Crippen molar-refractivity contribution in [3.8, 4) is 0 Å². The van der Waals surface area contributed by atoms with Crippen LogP contribution in [-0.4, -0.2) is 27.4 Å². The van der Waals surface area contributed by atoms with Gasteiger partial charge < -0.3 is 0 Å². The summed E-state index contributed by atoms with van der Waals surface area (Å²) in [6.07, 6.45) is 3.51. The molecule has 1 heterocycles. The molecule has 3 aromatic carbocycles. The van der Waals surface area contributed by atoms with Crippen LogP contribution in [0.1, 0.15) is 30.9 Å². The SMILES string of the molecule is CCCC1SC(=NN=Cc2ccc(Br)cc2)N(Cc2cccc3ccccc23)C1=O. The average Bonchev–Trinajstić information content (AvgIpc) is 3.05. The van der Waals surface area contributed by atoms with E-state index < -0.39 is 0 Å². The first-order valence-corrected chi connectivity index (χ1v) is 11.6. The zero-order valence-corrected chi connectivity index (χ0v) is 19.1. The predicted molar refractivity (Wildman–Crippen MR) is 130 cm³/mol. The van der Waals surface area contributed by atoms with E-state index in [1.54, 1.807) is 11.1 Å². The van der Waals surface area contributed by atoms with Gasteiger partial charge in [0.05, 0.1) is 18.0 Å². The minimum absolute atomic E-state index is 0.0911. The monoisotopic (exact) mass is 479 g/mol. The molecule has 0 saturated carbocycles. The molecule has 152 valence electrons. The van der Waals surface area contributed by atoms with Crippen LogP contribution in [0.3, 0.4) is 0 Å². The van der Waals surface area contributed by atoms with Crippen LogP contribution in [0.15, 0.2) is 81.4 Å². The number of nitrogens with zero attached hydrogens (tertiary/aromatic N) is 3. The van der Waals surface area contributed by atoms with E-state index in [-0.39, 0.29) is 11.2 Å². The fourth-order valence-electron chi connectivity index (χ4n) is 3.47. The highest BCUT2D eigenvalue weighted by Gasteiger charge is 2.37. The van der Waals surface area contributed by atoms with E-state index in [0.717, 1.165) is 33.8 Å². The lowest BCUT2D eigenvalue weighted by Gasteiger charge is -2.17. The first-order valence-electron chi connectivity index (χ1n) is 9.97. The number of fused-ring (bicyclic) bond motifs is 1. The third-order valence-electron chi connectivity index (χ3n) is 5.00. The van der Waals surface area contributed by atoms with Crippen LogP contribution >= 0.6 is 27.7 Å². The van der Waals surface area contributed by atoms with Crippen LogP contribution in [0, 0.1) is 0 Å². The van der Waals surface area contributed by atoms with Crippen molar-refractivity contribution in [2.75, 3.05) is 0 Å². The van der Waals surface area contributed by atoms with Gasteiger partial charge in [-0.15, -0.1) is 5.10 Å². The smallest absolute Gasteiger partial charge is 0.242 e. The Bertz CT molecular complexity index is 1110. The summed E-state index contributed by atoms with van der Waals surface area (Å²) in [6, 6.07) is 22.3. The molecule has 1 saturated heterocycles. The highest BCUT2D eigenvalue weighted by Crippen LogP contribution is 2.32. The Morgan fingerprint density at radius 2 is 1.83 bits per heavy atom. The Balaban J connectivity index is 1.62. The number of carbonyl (C=O) groups is 1. The summed E-state index contributed by atoms with van der Waals surface area (Å²) < 4.78 is 1.02. The van der Waals surface area contributed by atoms with Gasteiger partial charge in [-0.1, -0.05) is 95.6 Å². The van der Waals surface area contributed by atoms with Gasteiger partial charge in [-0.3, -0.25) is 9.69 Å². The number of hydrogen-bond donors (Lipinski definition) is 0. The number of halogens is 1. The molecule has 4 rings (SSSR count). The lowest BCUT2D eigenvalue weighted by molar-refractivity contribution is -0.126. The number of carbonyl (C=O) groups excluding carboxylic acids is 1. The van der Waals surface area contributed by atoms with Gasteiger partial charge >= 0.3 is 0 Å². The molecule has 0 radical (unpaired) electrons. The lowest BCUT2D eigenvalue weighted by atomic mass is 10.0. The second kappa shape index (κ2) is 9.58. The molecule has 1 aliphatic rings. The summed E-state index contributed by atoms with van der Waals surface area (Å²) in [5.74, 6) is 0.118. The van der Waals surface area contributed by atoms with Gasteiger partial charge in [0.1, 0.15) is 0 Å². The molecule has 0 bridgehead atoms. The third-order valence-corrected chi connectivity index (χ3v) is 6.76. The van der Waals surface area contributed by atoms with E-state index in [0.29, 0.717) is 11.7 Å². The summed E-state index contributed by atoms with van der Waals surface area (Å²) in [5.41, 5.74) is 2.08. The van der Waals surface area contributed by atoms with Gasteiger partial charge in [0, 0.05) is 4.47 Å². The lowest BCUT2D eigenvalue weighted by Crippen LogP contribution is -2.31. The summed E-state index contributed by atoms with van der Waals surface area (Å²) in [5, 5.41) is 11.6. The molecule has 1 amide bonds. The minimum Gasteiger partial charge on any atom is -0.284 e. The van der Waals surface area contributed by atoms with Crippen LogP contribution in [0.4, 0.5) is 0 Å². The van der Waals surface area contributed by atoms with Crippen molar-refractivity contribution in [3.05, 3.63) is 82.3 Å². The van der Waals surface area contributed by atoms with E-state index in [2.05, 4.69) is 57.3 Å². The molecule has 4 nitrogen and oxygen atoms in total. The van der Waals surface area contributed by atoms with Crippen molar-refractivity contribution < 1.29 is 4.79 Å². The van der Waals surface area contributed by atoms with Gasteiger partial charge in [-0.25, -0.2) is 0 Å². The normalized spacial score (nSPS) is 18.2. The number of amides is 1. The van der Waals surface area contributed by atoms with E-state index >= 15 is 0 Å². The zero-order chi connectivity index (χ0) is 20.9. The molecule has 1 aliphatic heterocycles. The average molecular weight is 480 g/mol. The van der Waals surface area contributed by atoms with Crippen molar-refractivity contribution in [2.45, 2.75) is 31.6 Å². The van der Waals surface area contributed by atoms with Gasteiger partial charge in [0.15, 0.2) is 5.17 Å². The Hall–Kier alpha value is -2.44. The minimum atomic E-state index is -0.0911. The Morgan fingerprint density at radius 1 is 1.07 bits per heavy atom. The highest BCUT2D eigenvalue weighted by atomic mass is 79.9. The molecular formula is C24H22BrN3OS. The second-order valence-electron chi connectivity index (χ2n) is 7.14. The molecular weight excluding hydrogens is 458 g/mol. The quantitative estimate of drug-likeness (QED) is 0.310. The maximum atomic E-state index is 13.1. The third kappa shape index (κ3) is 4.65.